The fraction of sp³-hybridized carbons (Fsp3) is 0.353. The largest absolute Gasteiger partial charge is 0.497 e. The first-order valence-corrected chi connectivity index (χ1v) is 7.56. The van der Waals surface area contributed by atoms with Gasteiger partial charge in [0.15, 0.2) is 0 Å². The molecule has 24 heavy (non-hydrogen) atoms. The van der Waals surface area contributed by atoms with Crippen LogP contribution in [0, 0.1) is 0 Å². The van der Waals surface area contributed by atoms with Crippen LogP contribution in [0.4, 0.5) is 11.5 Å². The number of nitrogen functional groups attached to an aromatic ring is 1. The third-order valence-electron chi connectivity index (χ3n) is 4.01. The molecule has 1 aliphatic heterocycles. The molecule has 0 radical (unpaired) electrons. The van der Waals surface area contributed by atoms with E-state index in [1.807, 2.05) is 24.3 Å². The van der Waals surface area contributed by atoms with Gasteiger partial charge < -0.3 is 15.4 Å². The molecule has 2 aromatic rings. The molecule has 0 aliphatic carbocycles. The van der Waals surface area contributed by atoms with Crippen LogP contribution < -0.4 is 15.4 Å². The van der Waals surface area contributed by atoms with Crippen LogP contribution in [-0.2, 0) is 6.54 Å². The smallest absolute Gasteiger partial charge is 0.132 e. The number of nitrogens with two attached hydrogens (primary N) is 1. The molecule has 2 N–H and O–H groups in total. The molecular formula is C17H24Cl2N4O. The van der Waals surface area contributed by atoms with E-state index in [1.165, 1.54) is 5.56 Å². The van der Waals surface area contributed by atoms with Crippen LogP contribution in [0.3, 0.4) is 0 Å². The Balaban J connectivity index is 0.00000144. The minimum absolute atomic E-state index is 0. The number of anilines is 2. The van der Waals surface area contributed by atoms with E-state index in [-0.39, 0.29) is 24.8 Å². The van der Waals surface area contributed by atoms with Crippen LogP contribution in [-0.4, -0.2) is 43.2 Å². The van der Waals surface area contributed by atoms with Crippen molar-refractivity contribution in [2.45, 2.75) is 6.54 Å². The summed E-state index contributed by atoms with van der Waals surface area (Å²) in [5.41, 5.74) is 7.94. The van der Waals surface area contributed by atoms with Gasteiger partial charge in [0.05, 0.1) is 7.11 Å². The average Bonchev–Trinajstić information content (AvgIpc) is 2.56. The lowest BCUT2D eigenvalue weighted by Gasteiger charge is -2.35. The summed E-state index contributed by atoms with van der Waals surface area (Å²) < 4.78 is 5.27. The standard InChI is InChI=1S/C17H22N4O.2ClH/c1-22-16-5-6-19-17(12-16)21-9-7-20(8-10-21)13-14-3-2-4-15(18)11-14;;/h2-6,11-12H,7-10,13,18H2,1H3;2*1H. The van der Waals surface area contributed by atoms with Crippen molar-refractivity contribution in [3.8, 4) is 5.75 Å². The third-order valence-corrected chi connectivity index (χ3v) is 4.01. The number of ether oxygens (including phenoxy) is 1. The first-order chi connectivity index (χ1) is 10.7. The molecule has 1 aromatic heterocycles. The molecule has 3 rings (SSSR count). The first-order valence-electron chi connectivity index (χ1n) is 7.56. The topological polar surface area (TPSA) is 54.6 Å². The Bertz CT molecular complexity index is 633. The zero-order valence-electron chi connectivity index (χ0n) is 13.7. The van der Waals surface area contributed by atoms with E-state index in [4.69, 9.17) is 10.5 Å². The van der Waals surface area contributed by atoms with E-state index in [0.29, 0.717) is 0 Å². The van der Waals surface area contributed by atoms with E-state index in [0.717, 1.165) is 50.0 Å². The predicted molar refractivity (Wildman–Crippen MR) is 104 cm³/mol. The molecule has 5 nitrogen and oxygen atoms in total. The van der Waals surface area contributed by atoms with Crippen LogP contribution >= 0.6 is 24.8 Å². The van der Waals surface area contributed by atoms with E-state index in [2.05, 4.69) is 26.9 Å². The second kappa shape index (κ2) is 9.57. The molecule has 0 amide bonds. The van der Waals surface area contributed by atoms with Gasteiger partial charge in [0.1, 0.15) is 11.6 Å². The number of aromatic nitrogens is 1. The van der Waals surface area contributed by atoms with Crippen LogP contribution in [0.1, 0.15) is 5.56 Å². The number of halogens is 2. The summed E-state index contributed by atoms with van der Waals surface area (Å²) in [5.74, 6) is 1.84. The summed E-state index contributed by atoms with van der Waals surface area (Å²) in [6, 6.07) is 12.0. The minimum Gasteiger partial charge on any atom is -0.497 e. The van der Waals surface area contributed by atoms with Gasteiger partial charge in [0.25, 0.3) is 0 Å². The van der Waals surface area contributed by atoms with Crippen LogP contribution in [0.25, 0.3) is 0 Å². The molecule has 2 heterocycles. The normalized spacial score (nSPS) is 14.5. The van der Waals surface area contributed by atoms with Gasteiger partial charge in [0.2, 0.25) is 0 Å². The maximum absolute atomic E-state index is 5.84. The average molecular weight is 371 g/mol. The van der Waals surface area contributed by atoms with E-state index in [9.17, 15) is 0 Å². The molecule has 7 heteroatoms. The highest BCUT2D eigenvalue weighted by molar-refractivity contribution is 5.85. The Morgan fingerprint density at radius 1 is 1.08 bits per heavy atom. The van der Waals surface area contributed by atoms with Crippen molar-refractivity contribution in [1.29, 1.82) is 0 Å². The maximum Gasteiger partial charge on any atom is 0.132 e. The Morgan fingerprint density at radius 3 is 2.50 bits per heavy atom. The summed E-state index contributed by atoms with van der Waals surface area (Å²) in [5, 5.41) is 0. The SMILES string of the molecule is COc1ccnc(N2CCN(Cc3cccc(N)c3)CC2)c1.Cl.Cl. The van der Waals surface area contributed by atoms with Gasteiger partial charge >= 0.3 is 0 Å². The molecule has 1 fully saturated rings. The molecule has 1 saturated heterocycles. The van der Waals surface area contributed by atoms with Crippen molar-refractivity contribution in [2.24, 2.45) is 0 Å². The molecular weight excluding hydrogens is 347 g/mol. The van der Waals surface area contributed by atoms with Gasteiger partial charge in [-0.15, -0.1) is 24.8 Å². The quantitative estimate of drug-likeness (QED) is 0.838. The summed E-state index contributed by atoms with van der Waals surface area (Å²) in [4.78, 5) is 9.20. The summed E-state index contributed by atoms with van der Waals surface area (Å²) in [6.07, 6.45) is 1.80. The third kappa shape index (κ3) is 5.16. The summed E-state index contributed by atoms with van der Waals surface area (Å²) in [7, 11) is 1.68. The van der Waals surface area contributed by atoms with Gasteiger partial charge in [-0.25, -0.2) is 4.98 Å². The first kappa shape index (κ1) is 20.4. The van der Waals surface area contributed by atoms with Crippen LogP contribution in [0.2, 0.25) is 0 Å². The zero-order chi connectivity index (χ0) is 15.4. The molecule has 0 spiro atoms. The lowest BCUT2D eigenvalue weighted by molar-refractivity contribution is 0.249. The lowest BCUT2D eigenvalue weighted by atomic mass is 10.2. The Kier molecular flexibility index (Phi) is 8.11. The lowest BCUT2D eigenvalue weighted by Crippen LogP contribution is -2.46. The molecule has 0 atom stereocenters. The molecule has 0 saturated carbocycles. The van der Waals surface area contributed by atoms with Crippen molar-refractivity contribution in [3.63, 3.8) is 0 Å². The van der Waals surface area contributed by atoms with Crippen molar-refractivity contribution >= 4 is 36.3 Å². The van der Waals surface area contributed by atoms with E-state index < -0.39 is 0 Å². The number of pyridine rings is 1. The number of hydrogen-bond donors (Lipinski definition) is 1. The molecule has 1 aliphatic rings. The van der Waals surface area contributed by atoms with Gasteiger partial charge in [-0.05, 0) is 23.8 Å². The van der Waals surface area contributed by atoms with Gasteiger partial charge in [0, 0.05) is 50.7 Å². The highest BCUT2D eigenvalue weighted by Crippen LogP contribution is 2.20. The van der Waals surface area contributed by atoms with E-state index >= 15 is 0 Å². The van der Waals surface area contributed by atoms with Crippen molar-refractivity contribution < 1.29 is 4.74 Å². The zero-order valence-corrected chi connectivity index (χ0v) is 15.4. The molecule has 0 bridgehead atoms. The second-order valence-electron chi connectivity index (χ2n) is 5.56. The second-order valence-corrected chi connectivity index (χ2v) is 5.56. The molecule has 132 valence electrons. The fourth-order valence-electron chi connectivity index (χ4n) is 2.78. The molecule has 1 aromatic carbocycles. The van der Waals surface area contributed by atoms with Crippen molar-refractivity contribution in [3.05, 3.63) is 48.2 Å². The highest BCUT2D eigenvalue weighted by atomic mass is 35.5. The fourth-order valence-corrected chi connectivity index (χ4v) is 2.78. The number of rotatable bonds is 4. The Hall–Kier alpha value is -1.69. The van der Waals surface area contributed by atoms with Gasteiger partial charge in [-0.2, -0.15) is 0 Å². The van der Waals surface area contributed by atoms with Crippen molar-refractivity contribution in [1.82, 2.24) is 9.88 Å². The van der Waals surface area contributed by atoms with Crippen LogP contribution in [0.15, 0.2) is 42.6 Å². The summed E-state index contributed by atoms with van der Waals surface area (Å²) >= 11 is 0. The number of benzene rings is 1. The van der Waals surface area contributed by atoms with Crippen molar-refractivity contribution in [2.75, 3.05) is 43.9 Å². The predicted octanol–water partition coefficient (Wildman–Crippen LogP) is 2.84. The number of piperazine rings is 1. The summed E-state index contributed by atoms with van der Waals surface area (Å²) in [6.45, 7) is 4.94. The number of methoxy groups -OCH3 is 1. The van der Waals surface area contributed by atoms with Gasteiger partial charge in [-0.1, -0.05) is 12.1 Å². The number of hydrogen-bond acceptors (Lipinski definition) is 5. The Labute approximate surface area is 155 Å². The van der Waals surface area contributed by atoms with Gasteiger partial charge in [-0.3, -0.25) is 4.90 Å². The number of nitrogens with zero attached hydrogens (tertiary/aromatic N) is 3. The monoisotopic (exact) mass is 370 g/mol. The molecule has 0 unspecified atom stereocenters. The maximum atomic E-state index is 5.84. The van der Waals surface area contributed by atoms with Crippen LogP contribution in [0.5, 0.6) is 5.75 Å². The Morgan fingerprint density at radius 2 is 1.83 bits per heavy atom. The highest BCUT2D eigenvalue weighted by Gasteiger charge is 2.18. The minimum atomic E-state index is 0. The van der Waals surface area contributed by atoms with E-state index in [1.54, 1.807) is 13.3 Å².